The zero-order valence-corrected chi connectivity index (χ0v) is 13.8. The van der Waals surface area contributed by atoms with E-state index in [4.69, 9.17) is 16.3 Å². The predicted octanol–water partition coefficient (Wildman–Crippen LogP) is 4.12. The molecule has 1 amide bonds. The van der Waals surface area contributed by atoms with E-state index < -0.39 is 5.60 Å². The van der Waals surface area contributed by atoms with E-state index in [2.05, 4.69) is 10.6 Å². The lowest BCUT2D eigenvalue weighted by Gasteiger charge is -2.37. The number of anilines is 1. The number of alkyl carbamates (subject to hydrolysis) is 1. The van der Waals surface area contributed by atoms with E-state index in [1.165, 1.54) is 0 Å². The van der Waals surface area contributed by atoms with Crippen LogP contribution in [0.2, 0.25) is 5.02 Å². The predicted molar refractivity (Wildman–Crippen MR) is 86.0 cm³/mol. The number of amides is 1. The van der Waals surface area contributed by atoms with Crippen LogP contribution < -0.4 is 10.6 Å². The van der Waals surface area contributed by atoms with Gasteiger partial charge in [0, 0.05) is 22.8 Å². The number of rotatable bonds is 3. The molecule has 1 saturated carbocycles. The van der Waals surface area contributed by atoms with Crippen molar-refractivity contribution >= 4 is 23.4 Å². The Labute approximate surface area is 131 Å². The number of nitrogens with one attached hydrogen (secondary N) is 2. The third-order valence-electron chi connectivity index (χ3n) is 3.41. The highest BCUT2D eigenvalue weighted by Crippen LogP contribution is 2.27. The Kier molecular flexibility index (Phi) is 4.67. The van der Waals surface area contributed by atoms with Crippen LogP contribution in [0.25, 0.3) is 0 Å². The molecule has 0 saturated heterocycles. The summed E-state index contributed by atoms with van der Waals surface area (Å²) in [5.41, 5.74) is 1.78. The van der Waals surface area contributed by atoms with Crippen LogP contribution in [0.3, 0.4) is 0 Å². The van der Waals surface area contributed by atoms with Crippen molar-refractivity contribution in [2.24, 2.45) is 0 Å². The number of benzene rings is 1. The van der Waals surface area contributed by atoms with Crippen LogP contribution in [0, 0.1) is 6.92 Å². The minimum absolute atomic E-state index is 0.185. The lowest BCUT2D eigenvalue weighted by molar-refractivity contribution is 0.0475. The third kappa shape index (κ3) is 4.81. The summed E-state index contributed by atoms with van der Waals surface area (Å²) in [7, 11) is 0. The summed E-state index contributed by atoms with van der Waals surface area (Å²) in [6.45, 7) is 7.62. The molecule has 0 radical (unpaired) electrons. The molecule has 0 heterocycles. The second-order valence-electron chi connectivity index (χ2n) is 6.62. The van der Waals surface area contributed by atoms with Gasteiger partial charge >= 0.3 is 6.09 Å². The van der Waals surface area contributed by atoms with E-state index in [1.54, 1.807) is 0 Å². The van der Waals surface area contributed by atoms with Gasteiger partial charge in [0.05, 0.1) is 0 Å². The largest absolute Gasteiger partial charge is 0.444 e. The summed E-state index contributed by atoms with van der Waals surface area (Å²) in [6.07, 6.45) is 1.47. The number of carbonyl (C=O) groups is 1. The van der Waals surface area contributed by atoms with Gasteiger partial charge in [0.15, 0.2) is 0 Å². The number of hydrogen-bond acceptors (Lipinski definition) is 3. The molecule has 0 atom stereocenters. The average molecular weight is 311 g/mol. The van der Waals surface area contributed by atoms with Gasteiger partial charge in [0.1, 0.15) is 5.60 Å². The van der Waals surface area contributed by atoms with Crippen LogP contribution in [-0.4, -0.2) is 23.8 Å². The quantitative estimate of drug-likeness (QED) is 0.883. The van der Waals surface area contributed by atoms with Gasteiger partial charge in [-0.3, -0.25) is 0 Å². The molecule has 1 aromatic rings. The molecule has 0 spiro atoms. The zero-order chi connectivity index (χ0) is 15.6. The third-order valence-corrected chi connectivity index (χ3v) is 3.64. The standard InChI is InChI=1S/C16H23ClN2O2/c1-10-7-11(17)5-6-14(10)18-12-8-13(9-12)19-15(20)21-16(2,3)4/h5-7,12-13,18H,8-9H2,1-4H3,(H,19,20). The second-order valence-corrected chi connectivity index (χ2v) is 7.05. The Morgan fingerprint density at radius 3 is 2.52 bits per heavy atom. The van der Waals surface area contributed by atoms with E-state index in [0.29, 0.717) is 6.04 Å². The number of hydrogen-bond donors (Lipinski definition) is 2. The van der Waals surface area contributed by atoms with Gasteiger partial charge in [-0.05, 0) is 64.3 Å². The molecule has 5 heteroatoms. The Bertz CT molecular complexity index is 519. The van der Waals surface area contributed by atoms with Crippen molar-refractivity contribution < 1.29 is 9.53 Å². The average Bonchev–Trinajstić information content (AvgIpc) is 2.26. The minimum atomic E-state index is -0.452. The van der Waals surface area contributed by atoms with Crippen LogP contribution in [0.5, 0.6) is 0 Å². The minimum Gasteiger partial charge on any atom is -0.444 e. The first-order valence-corrected chi connectivity index (χ1v) is 7.63. The summed E-state index contributed by atoms with van der Waals surface area (Å²) in [4.78, 5) is 11.7. The maximum atomic E-state index is 11.7. The van der Waals surface area contributed by atoms with Crippen molar-refractivity contribution in [2.45, 2.75) is 58.2 Å². The molecule has 0 unspecified atom stereocenters. The first-order chi connectivity index (χ1) is 9.73. The van der Waals surface area contributed by atoms with Crippen LogP contribution in [-0.2, 0) is 4.74 Å². The van der Waals surface area contributed by atoms with E-state index >= 15 is 0 Å². The van der Waals surface area contributed by atoms with Crippen LogP contribution in [0.4, 0.5) is 10.5 Å². The highest BCUT2D eigenvalue weighted by Gasteiger charge is 2.31. The normalized spacial score (nSPS) is 21.4. The van der Waals surface area contributed by atoms with Crippen molar-refractivity contribution in [2.75, 3.05) is 5.32 Å². The number of ether oxygens (including phenoxy) is 1. The monoisotopic (exact) mass is 310 g/mol. The van der Waals surface area contributed by atoms with Crippen molar-refractivity contribution in [1.29, 1.82) is 0 Å². The number of carbonyl (C=O) groups excluding carboxylic acids is 1. The summed E-state index contributed by atoms with van der Waals surface area (Å²) >= 11 is 5.95. The summed E-state index contributed by atoms with van der Waals surface area (Å²) < 4.78 is 5.24. The van der Waals surface area contributed by atoms with Gasteiger partial charge in [-0.2, -0.15) is 0 Å². The molecule has 1 aliphatic rings. The number of aryl methyl sites for hydroxylation is 1. The van der Waals surface area contributed by atoms with E-state index in [9.17, 15) is 4.79 Å². The smallest absolute Gasteiger partial charge is 0.407 e. The molecule has 4 nitrogen and oxygen atoms in total. The molecule has 0 aromatic heterocycles. The van der Waals surface area contributed by atoms with Crippen molar-refractivity contribution in [3.63, 3.8) is 0 Å². The second kappa shape index (κ2) is 6.14. The maximum Gasteiger partial charge on any atom is 0.407 e. The number of halogens is 1. The molecule has 2 N–H and O–H groups in total. The Morgan fingerprint density at radius 1 is 1.29 bits per heavy atom. The van der Waals surface area contributed by atoms with Gasteiger partial charge in [0.25, 0.3) is 0 Å². The Hall–Kier alpha value is -1.42. The molecule has 116 valence electrons. The summed E-state index contributed by atoms with van der Waals surface area (Å²) in [5, 5.41) is 7.11. The fourth-order valence-corrected chi connectivity index (χ4v) is 2.56. The lowest BCUT2D eigenvalue weighted by Crippen LogP contribution is -2.50. The highest BCUT2D eigenvalue weighted by molar-refractivity contribution is 6.30. The van der Waals surface area contributed by atoms with E-state index in [0.717, 1.165) is 29.1 Å². The fraction of sp³-hybridized carbons (Fsp3) is 0.562. The molecule has 0 bridgehead atoms. The summed E-state index contributed by atoms with van der Waals surface area (Å²) in [5.74, 6) is 0. The maximum absolute atomic E-state index is 11.7. The van der Waals surface area contributed by atoms with Gasteiger partial charge in [-0.25, -0.2) is 4.79 Å². The van der Waals surface area contributed by atoms with E-state index in [-0.39, 0.29) is 12.1 Å². The summed E-state index contributed by atoms with van der Waals surface area (Å²) in [6, 6.07) is 6.38. The first kappa shape index (κ1) is 16.0. The van der Waals surface area contributed by atoms with Crippen LogP contribution in [0.15, 0.2) is 18.2 Å². The van der Waals surface area contributed by atoms with Crippen molar-refractivity contribution in [3.05, 3.63) is 28.8 Å². The molecule has 1 aromatic carbocycles. The highest BCUT2D eigenvalue weighted by atomic mass is 35.5. The van der Waals surface area contributed by atoms with E-state index in [1.807, 2.05) is 45.9 Å². The molecule has 0 aliphatic heterocycles. The topological polar surface area (TPSA) is 50.4 Å². The Balaban J connectivity index is 1.75. The fourth-order valence-electron chi connectivity index (χ4n) is 2.34. The van der Waals surface area contributed by atoms with Crippen molar-refractivity contribution in [3.8, 4) is 0 Å². The van der Waals surface area contributed by atoms with Gasteiger partial charge < -0.3 is 15.4 Å². The molecular formula is C16H23ClN2O2. The van der Waals surface area contributed by atoms with Gasteiger partial charge in [0.2, 0.25) is 0 Å². The molecule has 1 fully saturated rings. The first-order valence-electron chi connectivity index (χ1n) is 7.25. The Morgan fingerprint density at radius 2 is 1.95 bits per heavy atom. The van der Waals surface area contributed by atoms with Crippen LogP contribution in [0.1, 0.15) is 39.2 Å². The zero-order valence-electron chi connectivity index (χ0n) is 13.0. The lowest BCUT2D eigenvalue weighted by atomic mass is 9.86. The molecule has 1 aliphatic carbocycles. The molecule has 2 rings (SSSR count). The van der Waals surface area contributed by atoms with Crippen molar-refractivity contribution in [1.82, 2.24) is 5.32 Å². The van der Waals surface area contributed by atoms with Crippen LogP contribution >= 0.6 is 11.6 Å². The van der Waals surface area contributed by atoms with Gasteiger partial charge in [-0.1, -0.05) is 11.6 Å². The SMILES string of the molecule is Cc1cc(Cl)ccc1NC1CC(NC(=O)OC(C)(C)C)C1. The molecule has 21 heavy (non-hydrogen) atoms. The van der Waals surface area contributed by atoms with Gasteiger partial charge in [-0.15, -0.1) is 0 Å². The molecular weight excluding hydrogens is 288 g/mol.